The highest BCUT2D eigenvalue weighted by Gasteiger charge is 2.29. The van der Waals surface area contributed by atoms with Crippen LogP contribution in [0.25, 0.3) is 0 Å². The summed E-state index contributed by atoms with van der Waals surface area (Å²) in [7, 11) is 0. The van der Waals surface area contributed by atoms with Gasteiger partial charge in [0.05, 0.1) is 12.2 Å². The number of benzene rings is 2. The summed E-state index contributed by atoms with van der Waals surface area (Å²) in [5.74, 6) is 0. The molecule has 0 bridgehead atoms. The summed E-state index contributed by atoms with van der Waals surface area (Å²) >= 11 is 18.1. The molecule has 3 nitrogen and oxygen atoms in total. The third kappa shape index (κ3) is 4.92. The van der Waals surface area contributed by atoms with Crippen molar-refractivity contribution in [1.29, 1.82) is 0 Å². The van der Waals surface area contributed by atoms with Gasteiger partial charge < -0.3 is 10.2 Å². The summed E-state index contributed by atoms with van der Waals surface area (Å²) in [6.45, 7) is 1.50. The maximum Gasteiger partial charge on any atom is 0.0816 e. The molecule has 1 heterocycles. The molecule has 0 spiro atoms. The first-order valence-corrected chi connectivity index (χ1v) is 9.88. The molecule has 1 fully saturated rings. The highest BCUT2D eigenvalue weighted by atomic mass is 35.5. The maximum atomic E-state index is 10.5. The molecule has 3 atom stereocenters. The number of rotatable bonds is 5. The lowest BCUT2D eigenvalue weighted by atomic mass is 9.92. The van der Waals surface area contributed by atoms with Gasteiger partial charge in [0, 0.05) is 34.2 Å². The maximum absolute atomic E-state index is 10.5. The molecule has 0 aromatic heterocycles. The molecule has 1 aliphatic rings. The van der Waals surface area contributed by atoms with Crippen molar-refractivity contribution in [2.45, 2.75) is 37.5 Å². The Labute approximate surface area is 169 Å². The summed E-state index contributed by atoms with van der Waals surface area (Å²) in [4.78, 5) is 2.31. The lowest BCUT2D eigenvalue weighted by Gasteiger charge is -2.38. The number of piperidine rings is 1. The molecule has 2 N–H and O–H groups in total. The first-order chi connectivity index (χ1) is 12.4. The van der Waals surface area contributed by atoms with Gasteiger partial charge in [-0.3, -0.25) is 4.90 Å². The van der Waals surface area contributed by atoms with E-state index in [1.54, 1.807) is 18.2 Å². The van der Waals surface area contributed by atoms with E-state index in [0.29, 0.717) is 40.0 Å². The van der Waals surface area contributed by atoms with Gasteiger partial charge in [-0.15, -0.1) is 0 Å². The molecule has 1 aliphatic heterocycles. The molecule has 0 radical (unpaired) electrons. The smallest absolute Gasteiger partial charge is 0.0816 e. The molecule has 1 saturated heterocycles. The first kappa shape index (κ1) is 19.9. The lowest BCUT2D eigenvalue weighted by Crippen LogP contribution is -2.39. The number of aliphatic hydroxyl groups excluding tert-OH is 2. The molecule has 2 aromatic rings. The molecule has 0 saturated carbocycles. The number of halogens is 3. The van der Waals surface area contributed by atoms with E-state index in [1.165, 1.54) is 0 Å². The average Bonchev–Trinajstić information content (AvgIpc) is 2.61. The minimum Gasteiger partial charge on any atom is -0.393 e. The van der Waals surface area contributed by atoms with Crippen LogP contribution >= 0.6 is 34.8 Å². The molecule has 6 heteroatoms. The van der Waals surface area contributed by atoms with Gasteiger partial charge in [-0.25, -0.2) is 0 Å². The van der Waals surface area contributed by atoms with E-state index in [0.717, 1.165) is 18.5 Å². The van der Waals surface area contributed by atoms with Gasteiger partial charge in [0.15, 0.2) is 0 Å². The second-order valence-electron chi connectivity index (χ2n) is 6.75. The van der Waals surface area contributed by atoms with Crippen molar-refractivity contribution in [1.82, 2.24) is 4.90 Å². The van der Waals surface area contributed by atoms with E-state index >= 15 is 0 Å². The van der Waals surface area contributed by atoms with Crippen LogP contribution < -0.4 is 0 Å². The van der Waals surface area contributed by atoms with Gasteiger partial charge in [0.25, 0.3) is 0 Å². The Morgan fingerprint density at radius 1 is 1.04 bits per heavy atom. The van der Waals surface area contributed by atoms with Crippen LogP contribution in [0.5, 0.6) is 0 Å². The standard InChI is InChI=1S/C20H22Cl3NO2/c21-14-3-1-13(2-4-14)19-12-16(25)7-9-24(19)10-8-20(26)17-6-5-15(22)11-18(17)23/h1-6,11,16,19-20,25-26H,7-10,12H2. The second kappa shape index (κ2) is 8.92. The number of hydrogen-bond acceptors (Lipinski definition) is 3. The monoisotopic (exact) mass is 413 g/mol. The Hall–Kier alpha value is -0.810. The van der Waals surface area contributed by atoms with Gasteiger partial charge in [-0.05, 0) is 54.7 Å². The summed E-state index contributed by atoms with van der Waals surface area (Å²) < 4.78 is 0. The quantitative estimate of drug-likeness (QED) is 0.700. The molecule has 3 rings (SSSR count). The zero-order chi connectivity index (χ0) is 18.7. The molecular formula is C20H22Cl3NO2. The van der Waals surface area contributed by atoms with Gasteiger partial charge in [-0.1, -0.05) is 53.0 Å². The largest absolute Gasteiger partial charge is 0.393 e. The van der Waals surface area contributed by atoms with Crippen molar-refractivity contribution < 1.29 is 10.2 Å². The van der Waals surface area contributed by atoms with E-state index in [9.17, 15) is 10.2 Å². The van der Waals surface area contributed by atoms with Gasteiger partial charge in [0.1, 0.15) is 0 Å². The molecule has 0 amide bonds. The summed E-state index contributed by atoms with van der Waals surface area (Å²) in [6.07, 6.45) is 1.02. The predicted molar refractivity (Wildman–Crippen MR) is 107 cm³/mol. The van der Waals surface area contributed by atoms with Crippen LogP contribution in [0.1, 0.15) is 42.5 Å². The fraction of sp³-hybridized carbons (Fsp3) is 0.400. The Morgan fingerprint density at radius 2 is 1.73 bits per heavy atom. The van der Waals surface area contributed by atoms with Crippen molar-refractivity contribution in [3.8, 4) is 0 Å². The highest BCUT2D eigenvalue weighted by Crippen LogP contribution is 2.34. The first-order valence-electron chi connectivity index (χ1n) is 8.74. The fourth-order valence-electron chi connectivity index (χ4n) is 3.51. The summed E-state index contributed by atoms with van der Waals surface area (Å²) in [5, 5.41) is 22.4. The fourth-order valence-corrected chi connectivity index (χ4v) is 4.17. The van der Waals surface area contributed by atoms with Gasteiger partial charge >= 0.3 is 0 Å². The Morgan fingerprint density at radius 3 is 2.42 bits per heavy atom. The van der Waals surface area contributed by atoms with Crippen LogP contribution in [-0.4, -0.2) is 34.3 Å². The Balaban J connectivity index is 1.69. The predicted octanol–water partition coefficient (Wildman–Crippen LogP) is 5.27. The molecular weight excluding hydrogens is 393 g/mol. The minimum absolute atomic E-state index is 0.115. The van der Waals surface area contributed by atoms with Gasteiger partial charge in [-0.2, -0.15) is 0 Å². The highest BCUT2D eigenvalue weighted by molar-refractivity contribution is 6.35. The lowest BCUT2D eigenvalue weighted by molar-refractivity contribution is 0.0316. The van der Waals surface area contributed by atoms with Crippen molar-refractivity contribution in [2.75, 3.05) is 13.1 Å². The normalized spacial score (nSPS) is 22.3. The average molecular weight is 415 g/mol. The zero-order valence-electron chi connectivity index (χ0n) is 14.3. The Kier molecular flexibility index (Phi) is 6.84. The number of aliphatic hydroxyl groups is 2. The van der Waals surface area contributed by atoms with Crippen LogP contribution in [-0.2, 0) is 0 Å². The zero-order valence-corrected chi connectivity index (χ0v) is 16.6. The van der Waals surface area contributed by atoms with Crippen molar-refractivity contribution in [3.63, 3.8) is 0 Å². The van der Waals surface area contributed by atoms with Crippen molar-refractivity contribution in [3.05, 3.63) is 68.7 Å². The SMILES string of the molecule is OC1CCN(CCC(O)c2ccc(Cl)cc2Cl)C(c2ccc(Cl)cc2)C1. The molecule has 3 unspecified atom stereocenters. The Bertz CT molecular complexity index is 738. The topological polar surface area (TPSA) is 43.7 Å². The van der Waals surface area contributed by atoms with Crippen LogP contribution in [0, 0.1) is 0 Å². The molecule has 2 aromatic carbocycles. The van der Waals surface area contributed by atoms with E-state index in [2.05, 4.69) is 4.90 Å². The third-order valence-electron chi connectivity index (χ3n) is 4.95. The van der Waals surface area contributed by atoms with Crippen LogP contribution in [0.4, 0.5) is 0 Å². The van der Waals surface area contributed by atoms with Crippen LogP contribution in [0.2, 0.25) is 15.1 Å². The van der Waals surface area contributed by atoms with E-state index in [4.69, 9.17) is 34.8 Å². The van der Waals surface area contributed by atoms with Crippen molar-refractivity contribution in [2.24, 2.45) is 0 Å². The van der Waals surface area contributed by atoms with E-state index in [-0.39, 0.29) is 12.1 Å². The number of hydrogen-bond donors (Lipinski definition) is 2. The van der Waals surface area contributed by atoms with E-state index < -0.39 is 6.10 Å². The molecule has 26 heavy (non-hydrogen) atoms. The van der Waals surface area contributed by atoms with E-state index in [1.807, 2.05) is 24.3 Å². The third-order valence-corrected chi connectivity index (χ3v) is 5.77. The minimum atomic E-state index is -0.655. The van der Waals surface area contributed by atoms with Crippen molar-refractivity contribution >= 4 is 34.8 Å². The summed E-state index contributed by atoms with van der Waals surface area (Å²) in [6, 6.07) is 13.0. The van der Waals surface area contributed by atoms with Crippen LogP contribution in [0.3, 0.4) is 0 Å². The molecule has 140 valence electrons. The number of likely N-dealkylation sites (tertiary alicyclic amines) is 1. The molecule has 0 aliphatic carbocycles. The van der Waals surface area contributed by atoms with Gasteiger partial charge in [0.2, 0.25) is 0 Å². The number of nitrogens with zero attached hydrogens (tertiary/aromatic N) is 1. The van der Waals surface area contributed by atoms with Crippen LogP contribution in [0.15, 0.2) is 42.5 Å². The summed E-state index contributed by atoms with van der Waals surface area (Å²) in [5.41, 5.74) is 1.82. The second-order valence-corrected chi connectivity index (χ2v) is 8.03.